The van der Waals surface area contributed by atoms with Crippen molar-refractivity contribution in [3.63, 3.8) is 0 Å². The third-order valence-corrected chi connectivity index (χ3v) is 1.99. The van der Waals surface area contributed by atoms with E-state index in [0.29, 0.717) is 0 Å². The molecule has 0 aromatic carbocycles. The zero-order valence-corrected chi connectivity index (χ0v) is 11.3. The molecule has 13 heteroatoms. The van der Waals surface area contributed by atoms with E-state index in [1.807, 2.05) is 0 Å². The first kappa shape index (κ1) is 20.1. The van der Waals surface area contributed by atoms with Crippen LogP contribution in [0.25, 0.3) is 0 Å². The minimum Gasteiger partial charge on any atom is -0.394 e. The molecule has 13 nitrogen and oxygen atoms in total. The van der Waals surface area contributed by atoms with Crippen LogP contribution in [0.5, 0.6) is 0 Å². The minimum atomic E-state index is -1.52. The number of nitrogens with two attached hydrogens (primary N) is 3. The van der Waals surface area contributed by atoms with Crippen LogP contribution >= 0.6 is 0 Å². The highest BCUT2D eigenvalue weighted by molar-refractivity contribution is 5.77. The van der Waals surface area contributed by atoms with E-state index >= 15 is 0 Å². The monoisotopic (exact) mass is 326 g/mol. The van der Waals surface area contributed by atoms with Crippen molar-refractivity contribution < 1.29 is 44.2 Å². The van der Waals surface area contributed by atoms with E-state index in [0.717, 1.165) is 0 Å². The molecule has 0 bridgehead atoms. The molecule has 0 aliphatic rings. The minimum absolute atomic E-state index is 0.340. The molecule has 128 valence electrons. The average Bonchev–Trinajstić information content (AvgIpc) is 2.51. The Morgan fingerprint density at radius 3 is 1.14 bits per heavy atom. The fourth-order valence-corrected chi connectivity index (χ4v) is 0.703. The molecule has 0 aromatic heterocycles. The van der Waals surface area contributed by atoms with Crippen LogP contribution in [0.4, 0.5) is 0 Å². The first-order valence-electron chi connectivity index (χ1n) is 5.81. The smallest absolute Gasteiger partial charge is 0.351 e. The predicted molar refractivity (Wildman–Crippen MR) is 65.3 cm³/mol. The van der Waals surface area contributed by atoms with E-state index in [2.05, 4.69) is 14.5 Å². The van der Waals surface area contributed by atoms with Crippen molar-refractivity contribution >= 4 is 17.9 Å². The van der Waals surface area contributed by atoms with Crippen molar-refractivity contribution in [1.82, 2.24) is 5.39 Å². The van der Waals surface area contributed by atoms with Gasteiger partial charge in [-0.05, 0) is 0 Å². The van der Waals surface area contributed by atoms with Crippen molar-refractivity contribution in [1.29, 1.82) is 0 Å². The molecule has 0 spiro atoms. The summed E-state index contributed by atoms with van der Waals surface area (Å²) in [6.07, 6.45) is 0. The normalized spacial score (nSPS) is 14.9. The molecule has 0 saturated heterocycles. The molecule has 0 aliphatic carbocycles. The quantitative estimate of drug-likeness (QED) is 0.218. The topological polar surface area (TPSA) is 221 Å². The highest BCUT2D eigenvalue weighted by atomic mass is 17.2. The molecular weight excluding hydrogens is 308 g/mol. The first-order chi connectivity index (χ1) is 10.3. The van der Waals surface area contributed by atoms with Gasteiger partial charge in [0.25, 0.3) is 0 Å². The molecule has 3 unspecified atom stereocenters. The van der Waals surface area contributed by atoms with Crippen LogP contribution < -0.4 is 17.2 Å². The second-order valence-electron chi connectivity index (χ2n) is 3.82. The van der Waals surface area contributed by atoms with Gasteiger partial charge < -0.3 is 32.5 Å². The van der Waals surface area contributed by atoms with E-state index in [-0.39, 0.29) is 5.39 Å². The number of carbonyl (C=O) groups is 3. The zero-order valence-electron chi connectivity index (χ0n) is 11.3. The lowest BCUT2D eigenvalue weighted by Gasteiger charge is -2.20. The molecule has 0 heterocycles. The van der Waals surface area contributed by atoms with Gasteiger partial charge in [0, 0.05) is 0 Å². The summed E-state index contributed by atoms with van der Waals surface area (Å²) in [7, 11) is 0. The molecule has 0 saturated carbocycles. The molecular formula is C9H18N4O9. The van der Waals surface area contributed by atoms with E-state index in [1.165, 1.54) is 0 Å². The maximum atomic E-state index is 11.3. The molecule has 22 heavy (non-hydrogen) atoms. The molecule has 0 amide bonds. The second kappa shape index (κ2) is 9.96. The number of nitrogens with zero attached hydrogens (tertiary/aromatic N) is 1. The molecule has 0 aliphatic heterocycles. The Morgan fingerprint density at radius 1 is 0.727 bits per heavy atom. The fourth-order valence-electron chi connectivity index (χ4n) is 0.703. The van der Waals surface area contributed by atoms with E-state index < -0.39 is 55.9 Å². The summed E-state index contributed by atoms with van der Waals surface area (Å²) in [5, 5.41) is 25.7. The summed E-state index contributed by atoms with van der Waals surface area (Å²) in [5.41, 5.74) is 15.4. The van der Waals surface area contributed by atoms with Crippen LogP contribution in [0.1, 0.15) is 0 Å². The van der Waals surface area contributed by atoms with Gasteiger partial charge >= 0.3 is 17.9 Å². The Morgan fingerprint density at radius 2 is 0.955 bits per heavy atom. The van der Waals surface area contributed by atoms with Gasteiger partial charge in [-0.25, -0.2) is 14.4 Å². The summed E-state index contributed by atoms with van der Waals surface area (Å²) in [4.78, 5) is 46.8. The Labute approximate surface area is 124 Å². The van der Waals surface area contributed by atoms with Crippen LogP contribution in [0.3, 0.4) is 0 Å². The van der Waals surface area contributed by atoms with Crippen LogP contribution in [0.15, 0.2) is 0 Å². The highest BCUT2D eigenvalue weighted by Gasteiger charge is 2.29. The third kappa shape index (κ3) is 6.72. The van der Waals surface area contributed by atoms with Gasteiger partial charge in [-0.3, -0.25) is 14.5 Å². The fraction of sp³-hybridized carbons (Fsp3) is 0.667. The number of rotatable bonds is 9. The lowest BCUT2D eigenvalue weighted by atomic mass is 10.3. The van der Waals surface area contributed by atoms with Gasteiger partial charge in [-0.15, -0.1) is 0 Å². The Hall–Kier alpha value is -1.87. The number of hydrogen-bond acceptors (Lipinski definition) is 13. The van der Waals surface area contributed by atoms with Gasteiger partial charge in [0.05, 0.1) is 19.8 Å². The lowest BCUT2D eigenvalue weighted by molar-refractivity contribution is -0.465. The standard InChI is InChI=1S/C9H18N4O9/c10-4(1-14)7(17)20-13(21-8(18)5(11)2-15)22-9(19)6(12)3-16/h4-6,14-16H,1-3,10-12H2. The zero-order chi connectivity index (χ0) is 17.3. The summed E-state index contributed by atoms with van der Waals surface area (Å²) < 4.78 is 0. The van der Waals surface area contributed by atoms with E-state index in [1.54, 1.807) is 0 Å². The number of hydrogen-bond donors (Lipinski definition) is 6. The molecule has 0 radical (unpaired) electrons. The van der Waals surface area contributed by atoms with Crippen LogP contribution in [0, 0.1) is 0 Å². The number of aliphatic hydroxyl groups is 3. The molecule has 3 atom stereocenters. The van der Waals surface area contributed by atoms with Crippen LogP contribution in [0.2, 0.25) is 0 Å². The maximum Gasteiger partial charge on any atom is 0.351 e. The second-order valence-corrected chi connectivity index (χ2v) is 3.82. The van der Waals surface area contributed by atoms with Crippen molar-refractivity contribution in [2.75, 3.05) is 19.8 Å². The number of carbonyl (C=O) groups excluding carboxylic acids is 3. The predicted octanol–water partition coefficient (Wildman–Crippen LogP) is -5.38. The van der Waals surface area contributed by atoms with Crippen molar-refractivity contribution in [3.05, 3.63) is 0 Å². The van der Waals surface area contributed by atoms with Gasteiger partial charge in [-0.1, -0.05) is 0 Å². The molecule has 0 rings (SSSR count). The maximum absolute atomic E-state index is 11.3. The van der Waals surface area contributed by atoms with E-state index in [4.69, 9.17) is 32.5 Å². The summed E-state index contributed by atoms with van der Waals surface area (Å²) in [5.74, 6) is -3.96. The van der Waals surface area contributed by atoms with Crippen LogP contribution in [-0.4, -0.2) is 76.6 Å². The molecule has 0 fully saturated rings. The number of aliphatic hydroxyl groups excluding tert-OH is 3. The van der Waals surface area contributed by atoms with E-state index in [9.17, 15) is 14.4 Å². The van der Waals surface area contributed by atoms with Crippen molar-refractivity contribution in [2.45, 2.75) is 18.1 Å². The lowest BCUT2D eigenvalue weighted by Crippen LogP contribution is -2.47. The Balaban J connectivity index is 4.86. The average molecular weight is 326 g/mol. The third-order valence-electron chi connectivity index (χ3n) is 1.99. The first-order valence-corrected chi connectivity index (χ1v) is 5.81. The Bertz CT molecular complexity index is 336. The summed E-state index contributed by atoms with van der Waals surface area (Å²) in [6.45, 7) is -2.41. The SMILES string of the molecule is NC(CO)C(=O)ON(OC(=O)C(N)CO)OC(=O)C(N)CO. The Kier molecular flexibility index (Phi) is 9.11. The summed E-state index contributed by atoms with van der Waals surface area (Å²) in [6, 6.07) is -4.55. The van der Waals surface area contributed by atoms with Gasteiger partial charge in [0.1, 0.15) is 18.1 Å². The highest BCUT2D eigenvalue weighted by Crippen LogP contribution is 2.01. The van der Waals surface area contributed by atoms with Crippen molar-refractivity contribution in [3.8, 4) is 0 Å². The van der Waals surface area contributed by atoms with Crippen LogP contribution in [-0.2, 0) is 28.9 Å². The van der Waals surface area contributed by atoms with Crippen molar-refractivity contribution in [2.24, 2.45) is 17.2 Å². The summed E-state index contributed by atoms with van der Waals surface area (Å²) >= 11 is 0. The van der Waals surface area contributed by atoms with Gasteiger partial charge in [0.2, 0.25) is 5.39 Å². The molecule has 0 aromatic rings. The van der Waals surface area contributed by atoms with Gasteiger partial charge in [0.15, 0.2) is 0 Å². The molecule has 9 N–H and O–H groups in total. The van der Waals surface area contributed by atoms with Gasteiger partial charge in [-0.2, -0.15) is 0 Å². The largest absolute Gasteiger partial charge is 0.394 e.